The average molecular weight is 310 g/mol. The zero-order valence-electron chi connectivity index (χ0n) is 12.7. The number of likely N-dealkylation sites (tertiary alicyclic amines) is 1. The summed E-state index contributed by atoms with van der Waals surface area (Å²) in [6.07, 6.45) is 3.68. The average Bonchev–Trinajstić information content (AvgIpc) is 3.08. The van der Waals surface area contributed by atoms with E-state index in [1.54, 1.807) is 36.5 Å². The Morgan fingerprint density at radius 1 is 1.13 bits per heavy atom. The second kappa shape index (κ2) is 6.60. The van der Waals surface area contributed by atoms with E-state index in [1.807, 2.05) is 11.0 Å². The maximum Gasteiger partial charge on any atom is 0.307 e. The standard InChI is InChI=1S/C18H18N2O3/c21-16(22)12-13-5-3-6-14(11-13)17-15(7-4-8-19-17)18(23)20-9-1-2-10-20/h3-8,11H,1-2,9-10,12H2,(H,21,22). The summed E-state index contributed by atoms with van der Waals surface area (Å²) in [6.45, 7) is 1.57. The molecule has 23 heavy (non-hydrogen) atoms. The van der Waals surface area contributed by atoms with Crippen LogP contribution in [0.1, 0.15) is 28.8 Å². The SMILES string of the molecule is O=C(O)Cc1cccc(-c2ncccc2C(=O)N2CCCC2)c1. The summed E-state index contributed by atoms with van der Waals surface area (Å²) >= 11 is 0. The molecular weight excluding hydrogens is 292 g/mol. The number of carbonyl (C=O) groups is 2. The highest BCUT2D eigenvalue weighted by Crippen LogP contribution is 2.24. The number of carboxylic acid groups (broad SMARTS) is 1. The van der Waals surface area contributed by atoms with Gasteiger partial charge in [0.1, 0.15) is 0 Å². The second-order valence-electron chi connectivity index (χ2n) is 5.67. The Bertz CT molecular complexity index is 737. The van der Waals surface area contributed by atoms with Crippen LogP contribution in [0, 0.1) is 0 Å². The fourth-order valence-corrected chi connectivity index (χ4v) is 2.90. The zero-order valence-corrected chi connectivity index (χ0v) is 12.7. The van der Waals surface area contributed by atoms with Gasteiger partial charge in [-0.3, -0.25) is 14.6 Å². The molecular formula is C18H18N2O3. The van der Waals surface area contributed by atoms with Crippen molar-refractivity contribution in [1.82, 2.24) is 9.88 Å². The van der Waals surface area contributed by atoms with Crippen molar-refractivity contribution >= 4 is 11.9 Å². The van der Waals surface area contributed by atoms with Crippen LogP contribution in [0.15, 0.2) is 42.6 Å². The second-order valence-corrected chi connectivity index (χ2v) is 5.67. The molecule has 5 heteroatoms. The van der Waals surface area contributed by atoms with Crippen LogP contribution in [-0.4, -0.2) is 40.0 Å². The first-order valence-electron chi connectivity index (χ1n) is 7.70. The number of benzene rings is 1. The van der Waals surface area contributed by atoms with Crippen LogP contribution in [0.5, 0.6) is 0 Å². The first-order valence-corrected chi connectivity index (χ1v) is 7.70. The van der Waals surface area contributed by atoms with Crippen molar-refractivity contribution in [1.29, 1.82) is 0 Å². The molecule has 1 N–H and O–H groups in total. The molecule has 118 valence electrons. The van der Waals surface area contributed by atoms with Gasteiger partial charge in [-0.25, -0.2) is 0 Å². The third kappa shape index (κ3) is 3.39. The topological polar surface area (TPSA) is 70.5 Å². The van der Waals surface area contributed by atoms with Gasteiger partial charge in [-0.05, 0) is 36.6 Å². The molecule has 0 saturated carbocycles. The summed E-state index contributed by atoms with van der Waals surface area (Å²) in [4.78, 5) is 29.8. The molecule has 3 rings (SSSR count). The van der Waals surface area contributed by atoms with Gasteiger partial charge in [0.2, 0.25) is 0 Å². The molecule has 1 aromatic carbocycles. The zero-order chi connectivity index (χ0) is 16.2. The van der Waals surface area contributed by atoms with Crippen molar-refractivity contribution in [2.45, 2.75) is 19.3 Å². The Morgan fingerprint density at radius 3 is 2.65 bits per heavy atom. The van der Waals surface area contributed by atoms with Crippen molar-refractivity contribution in [3.63, 3.8) is 0 Å². The number of amides is 1. The number of pyridine rings is 1. The largest absolute Gasteiger partial charge is 0.481 e. The molecule has 1 aliphatic heterocycles. The smallest absolute Gasteiger partial charge is 0.307 e. The van der Waals surface area contributed by atoms with Crippen molar-refractivity contribution in [2.75, 3.05) is 13.1 Å². The van der Waals surface area contributed by atoms with E-state index >= 15 is 0 Å². The molecule has 0 aliphatic carbocycles. The molecule has 2 aromatic rings. The van der Waals surface area contributed by atoms with E-state index in [2.05, 4.69) is 4.98 Å². The van der Waals surface area contributed by atoms with Crippen LogP contribution in [-0.2, 0) is 11.2 Å². The quantitative estimate of drug-likeness (QED) is 0.942. The van der Waals surface area contributed by atoms with Crippen LogP contribution in [0.3, 0.4) is 0 Å². The minimum atomic E-state index is -0.878. The summed E-state index contributed by atoms with van der Waals surface area (Å²) in [5.74, 6) is -0.884. The lowest BCUT2D eigenvalue weighted by molar-refractivity contribution is -0.136. The van der Waals surface area contributed by atoms with Crippen molar-refractivity contribution in [3.8, 4) is 11.3 Å². The molecule has 2 heterocycles. The molecule has 0 spiro atoms. The Morgan fingerprint density at radius 2 is 1.91 bits per heavy atom. The molecule has 0 unspecified atom stereocenters. The van der Waals surface area contributed by atoms with E-state index < -0.39 is 5.97 Å². The summed E-state index contributed by atoms with van der Waals surface area (Å²) in [5, 5.41) is 8.94. The van der Waals surface area contributed by atoms with Gasteiger partial charge >= 0.3 is 5.97 Å². The van der Waals surface area contributed by atoms with E-state index in [0.29, 0.717) is 16.8 Å². The highest BCUT2D eigenvalue weighted by atomic mass is 16.4. The number of hydrogen-bond donors (Lipinski definition) is 1. The Balaban J connectivity index is 1.97. The van der Waals surface area contributed by atoms with Gasteiger partial charge in [-0.15, -0.1) is 0 Å². The predicted molar refractivity (Wildman–Crippen MR) is 86.2 cm³/mol. The molecule has 0 radical (unpaired) electrons. The molecule has 1 aromatic heterocycles. The van der Waals surface area contributed by atoms with Crippen molar-refractivity contribution in [2.24, 2.45) is 0 Å². The van der Waals surface area contributed by atoms with Crippen molar-refractivity contribution < 1.29 is 14.7 Å². The number of carboxylic acids is 1. The van der Waals surface area contributed by atoms with Gasteiger partial charge in [-0.1, -0.05) is 18.2 Å². The Kier molecular flexibility index (Phi) is 4.37. The predicted octanol–water partition coefficient (Wildman–Crippen LogP) is 2.61. The van der Waals surface area contributed by atoms with E-state index in [-0.39, 0.29) is 12.3 Å². The number of hydrogen-bond acceptors (Lipinski definition) is 3. The molecule has 0 atom stereocenters. The summed E-state index contributed by atoms with van der Waals surface area (Å²) in [6, 6.07) is 10.8. The lowest BCUT2D eigenvalue weighted by atomic mass is 10.0. The molecule has 1 amide bonds. The minimum Gasteiger partial charge on any atom is -0.481 e. The molecule has 1 saturated heterocycles. The van der Waals surface area contributed by atoms with E-state index in [9.17, 15) is 9.59 Å². The highest BCUT2D eigenvalue weighted by molar-refractivity contribution is 6.00. The number of aromatic nitrogens is 1. The molecule has 1 aliphatic rings. The van der Waals surface area contributed by atoms with Crippen LogP contribution in [0.4, 0.5) is 0 Å². The van der Waals surface area contributed by atoms with Gasteiger partial charge in [0.15, 0.2) is 0 Å². The maximum atomic E-state index is 12.7. The first kappa shape index (κ1) is 15.2. The number of aliphatic carboxylic acids is 1. The normalized spacial score (nSPS) is 14.0. The lowest BCUT2D eigenvalue weighted by Crippen LogP contribution is -2.28. The van der Waals surface area contributed by atoms with Gasteiger partial charge in [0.05, 0.1) is 17.7 Å². The van der Waals surface area contributed by atoms with Gasteiger partial charge in [0, 0.05) is 24.8 Å². The highest BCUT2D eigenvalue weighted by Gasteiger charge is 2.22. The Labute approximate surface area is 134 Å². The maximum absolute atomic E-state index is 12.7. The van der Waals surface area contributed by atoms with Crippen LogP contribution >= 0.6 is 0 Å². The van der Waals surface area contributed by atoms with Crippen molar-refractivity contribution in [3.05, 3.63) is 53.7 Å². The number of rotatable bonds is 4. The molecule has 0 bridgehead atoms. The lowest BCUT2D eigenvalue weighted by Gasteiger charge is -2.17. The first-order chi connectivity index (χ1) is 11.1. The van der Waals surface area contributed by atoms with Gasteiger partial charge < -0.3 is 10.0 Å². The van der Waals surface area contributed by atoms with Crippen LogP contribution < -0.4 is 0 Å². The minimum absolute atomic E-state index is 0.00534. The summed E-state index contributed by atoms with van der Waals surface area (Å²) < 4.78 is 0. The van der Waals surface area contributed by atoms with Crippen LogP contribution in [0.2, 0.25) is 0 Å². The number of nitrogens with zero attached hydrogens (tertiary/aromatic N) is 2. The summed E-state index contributed by atoms with van der Waals surface area (Å²) in [7, 11) is 0. The van der Waals surface area contributed by atoms with Gasteiger partial charge in [0.25, 0.3) is 5.91 Å². The van der Waals surface area contributed by atoms with Crippen LogP contribution in [0.25, 0.3) is 11.3 Å². The van der Waals surface area contributed by atoms with E-state index in [4.69, 9.17) is 5.11 Å². The molecule has 1 fully saturated rings. The monoisotopic (exact) mass is 310 g/mol. The third-order valence-corrected chi connectivity index (χ3v) is 3.99. The fourth-order valence-electron chi connectivity index (χ4n) is 2.90. The van der Waals surface area contributed by atoms with E-state index in [1.165, 1.54) is 0 Å². The van der Waals surface area contributed by atoms with E-state index in [0.717, 1.165) is 31.5 Å². The fraction of sp³-hybridized carbons (Fsp3) is 0.278. The molecule has 5 nitrogen and oxygen atoms in total. The summed E-state index contributed by atoms with van der Waals surface area (Å²) in [5.41, 5.74) is 2.64. The van der Waals surface area contributed by atoms with Gasteiger partial charge in [-0.2, -0.15) is 0 Å². The Hall–Kier alpha value is -2.69. The third-order valence-electron chi connectivity index (χ3n) is 3.99. The number of carbonyl (C=O) groups excluding carboxylic acids is 1.